The second-order valence-corrected chi connectivity index (χ2v) is 6.64. The molecule has 124 valence electrons. The first-order chi connectivity index (χ1) is 11.2. The average molecular weight is 318 g/mol. The summed E-state index contributed by atoms with van der Waals surface area (Å²) in [6.45, 7) is 5.65. The minimum absolute atomic E-state index is 0.0449. The molecule has 1 amide bonds. The van der Waals surface area contributed by atoms with Gasteiger partial charge in [0, 0.05) is 37.2 Å². The fourth-order valence-corrected chi connectivity index (χ4v) is 3.21. The van der Waals surface area contributed by atoms with E-state index in [1.165, 1.54) is 12.8 Å². The number of amides is 1. The van der Waals surface area contributed by atoms with E-state index in [-0.39, 0.29) is 18.1 Å². The van der Waals surface area contributed by atoms with E-state index in [4.69, 9.17) is 14.2 Å². The van der Waals surface area contributed by atoms with Crippen LogP contribution in [0.25, 0.3) is 0 Å². The number of hydrogen-bond donors (Lipinski definition) is 1. The summed E-state index contributed by atoms with van der Waals surface area (Å²) in [5.74, 6) is 1.30. The topological polar surface area (TPSA) is 60.0 Å². The van der Waals surface area contributed by atoms with Crippen LogP contribution in [0.1, 0.15) is 23.2 Å². The van der Waals surface area contributed by atoms with Crippen LogP contribution in [0.2, 0.25) is 0 Å². The molecule has 1 aliphatic carbocycles. The Hall–Kier alpha value is -1.79. The molecule has 6 heteroatoms. The third kappa shape index (κ3) is 3.28. The lowest BCUT2D eigenvalue weighted by Gasteiger charge is -2.30. The maximum Gasteiger partial charge on any atom is 0.251 e. The first-order valence-electron chi connectivity index (χ1n) is 8.22. The lowest BCUT2D eigenvalue weighted by molar-refractivity contribution is 0.0283. The van der Waals surface area contributed by atoms with Crippen molar-refractivity contribution in [1.29, 1.82) is 0 Å². The van der Waals surface area contributed by atoms with Gasteiger partial charge in [-0.1, -0.05) is 0 Å². The van der Waals surface area contributed by atoms with Gasteiger partial charge in [0.25, 0.3) is 5.91 Å². The second-order valence-electron chi connectivity index (χ2n) is 6.64. The number of nitrogens with one attached hydrogen (secondary N) is 1. The van der Waals surface area contributed by atoms with Gasteiger partial charge in [-0.15, -0.1) is 0 Å². The van der Waals surface area contributed by atoms with Crippen molar-refractivity contribution in [1.82, 2.24) is 10.2 Å². The van der Waals surface area contributed by atoms with Crippen LogP contribution in [-0.4, -0.2) is 57.0 Å². The molecule has 23 heavy (non-hydrogen) atoms. The van der Waals surface area contributed by atoms with E-state index in [0.717, 1.165) is 39.4 Å². The van der Waals surface area contributed by atoms with Gasteiger partial charge >= 0.3 is 0 Å². The highest BCUT2D eigenvalue weighted by atomic mass is 16.7. The van der Waals surface area contributed by atoms with Crippen LogP contribution >= 0.6 is 0 Å². The molecule has 0 aromatic heterocycles. The van der Waals surface area contributed by atoms with E-state index in [2.05, 4.69) is 10.2 Å². The van der Waals surface area contributed by atoms with Crippen LogP contribution in [-0.2, 0) is 4.74 Å². The standard InChI is InChI=1S/C17H22N2O4/c20-16(13-1-2-14-15(9-13)23-12-22-14)18-10-17(3-4-17)11-19-5-7-21-8-6-19/h1-2,9H,3-8,10-12H2,(H,18,20). The summed E-state index contributed by atoms with van der Waals surface area (Å²) in [4.78, 5) is 14.8. The molecule has 3 aliphatic rings. The fourth-order valence-electron chi connectivity index (χ4n) is 3.21. The number of fused-ring (bicyclic) bond motifs is 1. The molecular formula is C17H22N2O4. The molecule has 1 aromatic carbocycles. The minimum Gasteiger partial charge on any atom is -0.454 e. The van der Waals surface area contributed by atoms with Crippen LogP contribution in [0.15, 0.2) is 18.2 Å². The van der Waals surface area contributed by atoms with E-state index in [9.17, 15) is 4.79 Å². The molecule has 6 nitrogen and oxygen atoms in total. The Morgan fingerprint density at radius 3 is 2.74 bits per heavy atom. The molecular weight excluding hydrogens is 296 g/mol. The highest BCUT2D eigenvalue weighted by molar-refractivity contribution is 5.95. The predicted octanol–water partition coefficient (Wildman–Crippen LogP) is 1.26. The Balaban J connectivity index is 1.32. The van der Waals surface area contributed by atoms with E-state index in [1.54, 1.807) is 18.2 Å². The summed E-state index contributed by atoms with van der Waals surface area (Å²) in [7, 11) is 0. The van der Waals surface area contributed by atoms with Crippen molar-refractivity contribution in [2.75, 3.05) is 46.2 Å². The minimum atomic E-state index is -0.0449. The predicted molar refractivity (Wildman–Crippen MR) is 83.8 cm³/mol. The van der Waals surface area contributed by atoms with Gasteiger partial charge < -0.3 is 19.5 Å². The molecule has 2 heterocycles. The molecule has 1 saturated heterocycles. The zero-order valence-electron chi connectivity index (χ0n) is 13.2. The van der Waals surface area contributed by atoms with E-state index >= 15 is 0 Å². The third-order valence-electron chi connectivity index (χ3n) is 4.88. The molecule has 0 radical (unpaired) electrons. The highest BCUT2D eigenvalue weighted by Crippen LogP contribution is 2.45. The van der Waals surface area contributed by atoms with Gasteiger partial charge in [-0.05, 0) is 31.0 Å². The number of ether oxygens (including phenoxy) is 3. The van der Waals surface area contributed by atoms with Crippen molar-refractivity contribution in [2.24, 2.45) is 5.41 Å². The monoisotopic (exact) mass is 318 g/mol. The van der Waals surface area contributed by atoms with Gasteiger partial charge in [-0.3, -0.25) is 9.69 Å². The first kappa shape index (κ1) is 14.8. The largest absolute Gasteiger partial charge is 0.454 e. The third-order valence-corrected chi connectivity index (χ3v) is 4.88. The Kier molecular flexibility index (Phi) is 3.87. The molecule has 2 fully saturated rings. The van der Waals surface area contributed by atoms with Crippen LogP contribution in [0, 0.1) is 5.41 Å². The first-order valence-corrected chi connectivity index (χ1v) is 8.22. The number of carbonyl (C=O) groups is 1. The summed E-state index contributed by atoms with van der Waals surface area (Å²) in [6.07, 6.45) is 2.37. The molecule has 2 aliphatic heterocycles. The lowest BCUT2D eigenvalue weighted by Crippen LogP contribution is -2.43. The van der Waals surface area contributed by atoms with Crippen molar-refractivity contribution < 1.29 is 19.0 Å². The molecule has 1 N–H and O–H groups in total. The van der Waals surface area contributed by atoms with Gasteiger partial charge in [0.05, 0.1) is 13.2 Å². The van der Waals surface area contributed by atoms with Crippen molar-refractivity contribution in [3.8, 4) is 11.5 Å². The summed E-state index contributed by atoms with van der Waals surface area (Å²) >= 11 is 0. The van der Waals surface area contributed by atoms with Crippen LogP contribution in [0.5, 0.6) is 11.5 Å². The Labute approximate surface area is 135 Å². The SMILES string of the molecule is O=C(NCC1(CN2CCOCC2)CC1)c1ccc2c(c1)OCO2. The molecule has 0 spiro atoms. The smallest absolute Gasteiger partial charge is 0.251 e. The number of hydrogen-bond acceptors (Lipinski definition) is 5. The number of morpholine rings is 1. The van der Waals surface area contributed by atoms with Crippen molar-refractivity contribution in [3.63, 3.8) is 0 Å². The van der Waals surface area contributed by atoms with Gasteiger partial charge in [-0.25, -0.2) is 0 Å². The average Bonchev–Trinajstić information content (AvgIpc) is 3.18. The summed E-state index contributed by atoms with van der Waals surface area (Å²) in [5, 5.41) is 3.09. The Bertz CT molecular complexity index is 594. The number of benzene rings is 1. The lowest BCUT2D eigenvalue weighted by atomic mass is 10.1. The zero-order chi connectivity index (χ0) is 15.7. The van der Waals surface area contributed by atoms with Crippen LogP contribution in [0.3, 0.4) is 0 Å². The molecule has 4 rings (SSSR count). The Morgan fingerprint density at radius 2 is 1.96 bits per heavy atom. The van der Waals surface area contributed by atoms with Crippen LogP contribution in [0.4, 0.5) is 0 Å². The maximum atomic E-state index is 12.4. The molecule has 0 atom stereocenters. The van der Waals surface area contributed by atoms with Gasteiger partial charge in [0.2, 0.25) is 6.79 Å². The zero-order valence-corrected chi connectivity index (χ0v) is 13.2. The summed E-state index contributed by atoms with van der Waals surface area (Å²) in [6, 6.07) is 5.32. The second kappa shape index (κ2) is 6.02. The molecule has 0 unspecified atom stereocenters. The molecule has 1 saturated carbocycles. The summed E-state index contributed by atoms with van der Waals surface area (Å²) in [5.41, 5.74) is 0.875. The quantitative estimate of drug-likeness (QED) is 0.886. The summed E-state index contributed by atoms with van der Waals surface area (Å²) < 4.78 is 16.0. The Morgan fingerprint density at radius 1 is 1.17 bits per heavy atom. The maximum absolute atomic E-state index is 12.4. The highest BCUT2D eigenvalue weighted by Gasteiger charge is 2.44. The van der Waals surface area contributed by atoms with Crippen LogP contribution < -0.4 is 14.8 Å². The molecule has 1 aromatic rings. The van der Waals surface area contributed by atoms with Gasteiger partial charge in [0.1, 0.15) is 0 Å². The van der Waals surface area contributed by atoms with E-state index in [1.807, 2.05) is 0 Å². The van der Waals surface area contributed by atoms with E-state index in [0.29, 0.717) is 17.1 Å². The number of carbonyl (C=O) groups excluding carboxylic acids is 1. The van der Waals surface area contributed by atoms with Gasteiger partial charge in [0.15, 0.2) is 11.5 Å². The van der Waals surface area contributed by atoms with Crippen molar-refractivity contribution >= 4 is 5.91 Å². The number of rotatable bonds is 5. The van der Waals surface area contributed by atoms with Crippen molar-refractivity contribution in [2.45, 2.75) is 12.8 Å². The normalized spacial score (nSPS) is 21.9. The van der Waals surface area contributed by atoms with Gasteiger partial charge in [-0.2, -0.15) is 0 Å². The molecule has 0 bridgehead atoms. The van der Waals surface area contributed by atoms with Crippen molar-refractivity contribution in [3.05, 3.63) is 23.8 Å². The number of nitrogens with zero attached hydrogens (tertiary/aromatic N) is 1. The van der Waals surface area contributed by atoms with E-state index < -0.39 is 0 Å². The fraction of sp³-hybridized carbons (Fsp3) is 0.588.